The third-order valence-corrected chi connectivity index (χ3v) is 5.04. The zero-order valence-corrected chi connectivity index (χ0v) is 11.7. The molecule has 4 nitrogen and oxygen atoms in total. The lowest BCUT2D eigenvalue weighted by atomic mass is 10.1. The molecule has 0 bridgehead atoms. The van der Waals surface area contributed by atoms with Crippen LogP contribution in [0.2, 0.25) is 0 Å². The van der Waals surface area contributed by atoms with Gasteiger partial charge in [0.1, 0.15) is 0 Å². The fraction of sp³-hybridized carbons (Fsp3) is 1.00. The third kappa shape index (κ3) is 3.43. The van der Waals surface area contributed by atoms with Gasteiger partial charge in [0, 0.05) is 25.2 Å². The van der Waals surface area contributed by atoms with Gasteiger partial charge in [0.15, 0.2) is 0 Å². The number of rotatable bonds is 2. The highest BCUT2D eigenvalue weighted by Gasteiger charge is 2.27. The Hall–Kier alpha value is -0.130. The van der Waals surface area contributed by atoms with Gasteiger partial charge in [-0.1, -0.05) is 0 Å². The molecule has 0 atom stereocenters. The molecule has 0 aliphatic carbocycles. The first-order chi connectivity index (χ1) is 7.27. The summed E-state index contributed by atoms with van der Waals surface area (Å²) in [5, 5.41) is 0. The highest BCUT2D eigenvalue weighted by molar-refractivity contribution is 7.89. The Labute approximate surface area is 99.7 Å². The largest absolute Gasteiger partial charge is 0.297 e. The van der Waals surface area contributed by atoms with Crippen LogP contribution in [-0.4, -0.2) is 55.1 Å². The number of hydrogen-bond donors (Lipinski definition) is 0. The maximum atomic E-state index is 11.8. The highest BCUT2D eigenvalue weighted by Crippen LogP contribution is 2.17. The molecule has 1 saturated heterocycles. The zero-order chi connectivity index (χ0) is 12.4. The Bertz CT molecular complexity index is 319. The summed E-state index contributed by atoms with van der Waals surface area (Å²) in [5.41, 5.74) is 0.131. The smallest absolute Gasteiger partial charge is 0.213 e. The fourth-order valence-electron chi connectivity index (χ4n) is 2.03. The van der Waals surface area contributed by atoms with Gasteiger partial charge in [0.25, 0.3) is 0 Å². The summed E-state index contributed by atoms with van der Waals surface area (Å²) in [5.74, 6) is 0.211. The minimum atomic E-state index is -3.01. The van der Waals surface area contributed by atoms with Crippen LogP contribution in [0.5, 0.6) is 0 Å². The molecular weight excluding hydrogens is 224 g/mol. The van der Waals surface area contributed by atoms with Crippen LogP contribution in [0, 0.1) is 0 Å². The van der Waals surface area contributed by atoms with E-state index in [0.29, 0.717) is 13.1 Å². The second-order valence-electron chi connectivity index (χ2n) is 5.31. The summed E-state index contributed by atoms with van der Waals surface area (Å²) in [7, 11) is -3.01. The third-order valence-electron chi connectivity index (χ3n) is 3.16. The van der Waals surface area contributed by atoms with Gasteiger partial charge >= 0.3 is 0 Å². The molecule has 0 radical (unpaired) electrons. The number of hydrogen-bond acceptors (Lipinski definition) is 3. The van der Waals surface area contributed by atoms with Crippen LogP contribution >= 0.6 is 0 Å². The van der Waals surface area contributed by atoms with Crippen LogP contribution in [0.15, 0.2) is 0 Å². The van der Waals surface area contributed by atoms with E-state index in [1.54, 1.807) is 11.2 Å². The molecule has 16 heavy (non-hydrogen) atoms. The summed E-state index contributed by atoms with van der Waals surface area (Å²) >= 11 is 0. The Morgan fingerprint density at radius 1 is 1.06 bits per heavy atom. The van der Waals surface area contributed by atoms with Gasteiger partial charge in [-0.15, -0.1) is 0 Å². The van der Waals surface area contributed by atoms with Gasteiger partial charge in [-0.05, 0) is 40.7 Å². The molecule has 0 spiro atoms. The first-order valence-corrected chi connectivity index (χ1v) is 7.61. The molecule has 5 heteroatoms. The van der Waals surface area contributed by atoms with Crippen molar-refractivity contribution in [2.45, 2.75) is 39.7 Å². The second kappa shape index (κ2) is 5.02. The standard InChI is InChI=1S/C11H24N2O2S/c1-5-16(14,15)13-8-6-7-12(9-10-13)11(2,3)4/h5-10H2,1-4H3. The molecule has 0 aromatic carbocycles. The average molecular weight is 248 g/mol. The van der Waals surface area contributed by atoms with E-state index in [9.17, 15) is 8.42 Å². The molecule has 1 aliphatic rings. The van der Waals surface area contributed by atoms with E-state index in [-0.39, 0.29) is 11.3 Å². The summed E-state index contributed by atoms with van der Waals surface area (Å²) in [6, 6.07) is 0. The fourth-order valence-corrected chi connectivity index (χ4v) is 3.16. The molecule has 1 aliphatic heterocycles. The number of sulfonamides is 1. The van der Waals surface area contributed by atoms with Crippen molar-refractivity contribution in [3.63, 3.8) is 0 Å². The van der Waals surface area contributed by atoms with E-state index in [4.69, 9.17) is 0 Å². The Kier molecular flexibility index (Phi) is 4.37. The van der Waals surface area contributed by atoms with Crippen LogP contribution in [0.1, 0.15) is 34.1 Å². The summed E-state index contributed by atoms with van der Waals surface area (Å²) in [4.78, 5) is 2.36. The normalized spacial score (nSPS) is 22.0. The zero-order valence-electron chi connectivity index (χ0n) is 10.9. The molecule has 0 aromatic heterocycles. The van der Waals surface area contributed by atoms with Crippen LogP contribution in [-0.2, 0) is 10.0 Å². The van der Waals surface area contributed by atoms with Crippen molar-refractivity contribution in [1.82, 2.24) is 9.21 Å². The molecule has 1 rings (SSSR count). The van der Waals surface area contributed by atoms with Crippen molar-refractivity contribution in [3.05, 3.63) is 0 Å². The first kappa shape index (κ1) is 13.9. The van der Waals surface area contributed by atoms with Gasteiger partial charge in [-0.3, -0.25) is 4.90 Å². The van der Waals surface area contributed by atoms with Gasteiger partial charge in [0.05, 0.1) is 5.75 Å². The van der Waals surface area contributed by atoms with E-state index in [0.717, 1.165) is 19.5 Å². The minimum Gasteiger partial charge on any atom is -0.297 e. The summed E-state index contributed by atoms with van der Waals surface area (Å²) in [6.45, 7) is 11.4. The molecule has 0 unspecified atom stereocenters. The molecule has 96 valence electrons. The van der Waals surface area contributed by atoms with E-state index in [2.05, 4.69) is 25.7 Å². The Balaban J connectivity index is 2.67. The highest BCUT2D eigenvalue weighted by atomic mass is 32.2. The Morgan fingerprint density at radius 2 is 1.69 bits per heavy atom. The van der Waals surface area contributed by atoms with Crippen LogP contribution in [0.3, 0.4) is 0 Å². The van der Waals surface area contributed by atoms with Crippen molar-refractivity contribution in [2.75, 3.05) is 31.9 Å². The quantitative estimate of drug-likeness (QED) is 0.736. The maximum Gasteiger partial charge on any atom is 0.213 e. The average Bonchev–Trinajstić information content (AvgIpc) is 2.42. The van der Waals surface area contributed by atoms with E-state index < -0.39 is 10.0 Å². The van der Waals surface area contributed by atoms with E-state index in [1.165, 1.54) is 0 Å². The topological polar surface area (TPSA) is 40.6 Å². The molecule has 1 heterocycles. The van der Waals surface area contributed by atoms with Gasteiger partial charge in [0.2, 0.25) is 10.0 Å². The van der Waals surface area contributed by atoms with Crippen molar-refractivity contribution >= 4 is 10.0 Å². The summed E-state index contributed by atoms with van der Waals surface area (Å²) < 4.78 is 25.2. The molecule has 0 N–H and O–H groups in total. The second-order valence-corrected chi connectivity index (χ2v) is 7.57. The Morgan fingerprint density at radius 3 is 2.19 bits per heavy atom. The van der Waals surface area contributed by atoms with Crippen LogP contribution in [0.4, 0.5) is 0 Å². The molecule has 0 saturated carbocycles. The van der Waals surface area contributed by atoms with Crippen molar-refractivity contribution < 1.29 is 8.42 Å². The van der Waals surface area contributed by atoms with Crippen LogP contribution < -0.4 is 0 Å². The van der Waals surface area contributed by atoms with Crippen molar-refractivity contribution in [3.8, 4) is 0 Å². The van der Waals surface area contributed by atoms with Gasteiger partial charge < -0.3 is 0 Å². The monoisotopic (exact) mass is 248 g/mol. The maximum absolute atomic E-state index is 11.8. The molecule has 1 fully saturated rings. The summed E-state index contributed by atoms with van der Waals surface area (Å²) in [6.07, 6.45) is 0.927. The first-order valence-electron chi connectivity index (χ1n) is 6.00. The lowest BCUT2D eigenvalue weighted by Gasteiger charge is -2.34. The number of nitrogens with zero attached hydrogens (tertiary/aromatic N) is 2. The van der Waals surface area contributed by atoms with Crippen molar-refractivity contribution in [2.24, 2.45) is 0 Å². The van der Waals surface area contributed by atoms with Gasteiger partial charge in [-0.25, -0.2) is 12.7 Å². The SMILES string of the molecule is CCS(=O)(=O)N1CCCN(C(C)(C)C)CC1. The molecule has 0 amide bonds. The van der Waals surface area contributed by atoms with Crippen LogP contribution in [0.25, 0.3) is 0 Å². The predicted octanol–water partition coefficient (Wildman–Crippen LogP) is 1.14. The lowest BCUT2D eigenvalue weighted by molar-refractivity contribution is 0.145. The van der Waals surface area contributed by atoms with Gasteiger partial charge in [-0.2, -0.15) is 0 Å². The molecule has 0 aromatic rings. The van der Waals surface area contributed by atoms with E-state index >= 15 is 0 Å². The molecular formula is C11H24N2O2S. The predicted molar refractivity (Wildman–Crippen MR) is 67.0 cm³/mol. The van der Waals surface area contributed by atoms with E-state index in [1.807, 2.05) is 0 Å². The lowest BCUT2D eigenvalue weighted by Crippen LogP contribution is -2.44. The minimum absolute atomic E-state index is 0.131. The van der Waals surface area contributed by atoms with Crippen molar-refractivity contribution in [1.29, 1.82) is 0 Å².